The van der Waals surface area contributed by atoms with Gasteiger partial charge < -0.3 is 10.2 Å². The Morgan fingerprint density at radius 3 is 1.81 bits per heavy atom. The van der Waals surface area contributed by atoms with Crippen molar-refractivity contribution in [1.29, 1.82) is 0 Å². The van der Waals surface area contributed by atoms with E-state index in [0.717, 1.165) is 18.4 Å². The Bertz CT molecular complexity index is 344. The monoisotopic (exact) mass is 292 g/mol. The summed E-state index contributed by atoms with van der Waals surface area (Å²) in [5.41, 5.74) is 0.585. The zero-order valence-corrected chi connectivity index (χ0v) is 13.6. The van der Waals surface area contributed by atoms with Crippen molar-refractivity contribution in [2.45, 2.75) is 70.1 Å². The molecule has 2 nitrogen and oxygen atoms in total. The van der Waals surface area contributed by atoms with E-state index in [9.17, 15) is 10.2 Å². The lowest BCUT2D eigenvalue weighted by Crippen LogP contribution is -2.34. The fourth-order valence-corrected chi connectivity index (χ4v) is 2.92. The van der Waals surface area contributed by atoms with E-state index in [-0.39, 0.29) is 13.2 Å². The van der Waals surface area contributed by atoms with Crippen LogP contribution in [0.15, 0.2) is 30.3 Å². The molecule has 21 heavy (non-hydrogen) atoms. The molecule has 2 N–H and O–H groups in total. The van der Waals surface area contributed by atoms with Gasteiger partial charge in [-0.3, -0.25) is 0 Å². The maximum atomic E-state index is 9.77. The first-order valence-electron chi connectivity index (χ1n) is 8.56. The van der Waals surface area contributed by atoms with Crippen LogP contribution in [0.2, 0.25) is 0 Å². The lowest BCUT2D eigenvalue weighted by molar-refractivity contribution is 0.107. The minimum absolute atomic E-state index is 0.0179. The number of benzene rings is 1. The molecular weight excluding hydrogens is 260 g/mol. The third-order valence-electron chi connectivity index (χ3n) is 4.50. The molecule has 0 radical (unpaired) electrons. The minimum Gasteiger partial charge on any atom is -0.395 e. The summed E-state index contributed by atoms with van der Waals surface area (Å²) in [6.45, 7) is 2.28. The molecule has 0 spiro atoms. The van der Waals surface area contributed by atoms with Gasteiger partial charge in [-0.1, -0.05) is 88.6 Å². The highest BCUT2D eigenvalue weighted by atomic mass is 16.3. The van der Waals surface area contributed by atoms with Crippen LogP contribution in [0.4, 0.5) is 0 Å². The molecule has 0 unspecified atom stereocenters. The van der Waals surface area contributed by atoms with E-state index in [2.05, 4.69) is 6.92 Å². The van der Waals surface area contributed by atoms with Gasteiger partial charge in [0.2, 0.25) is 0 Å². The highest BCUT2D eigenvalue weighted by Gasteiger charge is 2.30. The van der Waals surface area contributed by atoms with Gasteiger partial charge >= 0.3 is 0 Å². The minimum atomic E-state index is -0.469. The fourth-order valence-electron chi connectivity index (χ4n) is 2.92. The van der Waals surface area contributed by atoms with Gasteiger partial charge in [-0.25, -0.2) is 0 Å². The second kappa shape index (κ2) is 10.8. The molecule has 0 saturated heterocycles. The predicted molar refractivity (Wildman–Crippen MR) is 89.5 cm³/mol. The quantitative estimate of drug-likeness (QED) is 0.559. The molecule has 0 amide bonds. The molecular formula is C19H32O2. The Labute approximate surface area is 130 Å². The average Bonchev–Trinajstić information content (AvgIpc) is 2.55. The first-order valence-corrected chi connectivity index (χ1v) is 8.56. The largest absolute Gasteiger partial charge is 0.395 e. The van der Waals surface area contributed by atoms with E-state index in [0.29, 0.717) is 0 Å². The van der Waals surface area contributed by atoms with Crippen molar-refractivity contribution in [3.63, 3.8) is 0 Å². The second-order valence-electron chi connectivity index (χ2n) is 6.19. The first-order chi connectivity index (χ1) is 10.3. The van der Waals surface area contributed by atoms with Crippen LogP contribution in [0.3, 0.4) is 0 Å². The van der Waals surface area contributed by atoms with Crippen molar-refractivity contribution >= 4 is 0 Å². The van der Waals surface area contributed by atoms with E-state index in [1.165, 1.54) is 44.9 Å². The van der Waals surface area contributed by atoms with Gasteiger partial charge in [-0.15, -0.1) is 0 Å². The number of hydrogen-bond donors (Lipinski definition) is 2. The first kappa shape index (κ1) is 18.2. The van der Waals surface area contributed by atoms with Crippen molar-refractivity contribution in [3.05, 3.63) is 35.9 Å². The van der Waals surface area contributed by atoms with Crippen molar-refractivity contribution in [3.8, 4) is 0 Å². The lowest BCUT2D eigenvalue weighted by Gasteiger charge is -2.30. The molecule has 0 fully saturated rings. The Balaban J connectivity index is 2.32. The van der Waals surface area contributed by atoms with E-state index in [1.54, 1.807) is 0 Å². The van der Waals surface area contributed by atoms with Gasteiger partial charge in [0.1, 0.15) is 0 Å². The van der Waals surface area contributed by atoms with E-state index in [4.69, 9.17) is 0 Å². The van der Waals surface area contributed by atoms with Crippen molar-refractivity contribution in [1.82, 2.24) is 0 Å². The van der Waals surface area contributed by atoms with E-state index < -0.39 is 5.41 Å². The smallest absolute Gasteiger partial charge is 0.0550 e. The number of hydrogen-bond acceptors (Lipinski definition) is 2. The highest BCUT2D eigenvalue weighted by molar-refractivity contribution is 5.25. The molecule has 0 aromatic heterocycles. The van der Waals surface area contributed by atoms with Crippen LogP contribution >= 0.6 is 0 Å². The Hall–Kier alpha value is -0.860. The summed E-state index contributed by atoms with van der Waals surface area (Å²) in [7, 11) is 0. The highest BCUT2D eigenvalue weighted by Crippen LogP contribution is 2.29. The van der Waals surface area contributed by atoms with Crippen LogP contribution in [-0.2, 0) is 5.41 Å². The molecule has 2 heteroatoms. The molecule has 0 aliphatic rings. The molecule has 1 rings (SSSR count). The molecule has 0 aliphatic carbocycles. The maximum absolute atomic E-state index is 9.77. The third kappa shape index (κ3) is 6.19. The topological polar surface area (TPSA) is 40.5 Å². The molecule has 0 heterocycles. The number of aliphatic hydroxyl groups is 2. The Kier molecular flexibility index (Phi) is 9.36. The summed E-state index contributed by atoms with van der Waals surface area (Å²) in [5, 5.41) is 19.5. The van der Waals surface area contributed by atoms with Crippen molar-refractivity contribution in [2.75, 3.05) is 13.2 Å². The number of unbranched alkanes of at least 4 members (excludes halogenated alkanes) is 7. The molecule has 0 saturated carbocycles. The number of aliphatic hydroxyl groups excluding tert-OH is 2. The summed E-state index contributed by atoms with van der Waals surface area (Å²) in [6.07, 6.45) is 11.1. The third-order valence-corrected chi connectivity index (χ3v) is 4.50. The van der Waals surface area contributed by atoms with Gasteiger partial charge in [0.05, 0.1) is 13.2 Å². The summed E-state index contributed by atoms with van der Waals surface area (Å²) in [5.74, 6) is 0. The predicted octanol–water partition coefficient (Wildman–Crippen LogP) is 4.44. The summed E-state index contributed by atoms with van der Waals surface area (Å²) in [6, 6.07) is 9.94. The molecule has 1 aromatic carbocycles. The van der Waals surface area contributed by atoms with Gasteiger partial charge in [-0.2, -0.15) is 0 Å². The Morgan fingerprint density at radius 1 is 0.762 bits per heavy atom. The van der Waals surface area contributed by atoms with Crippen LogP contribution in [0.5, 0.6) is 0 Å². The normalized spacial score (nSPS) is 11.8. The zero-order valence-electron chi connectivity index (χ0n) is 13.6. The lowest BCUT2D eigenvalue weighted by atomic mass is 9.77. The standard InChI is InChI=1S/C19H32O2/c1-2-3-4-5-6-7-8-12-15-19(16-20,17-21)18-13-10-9-11-14-18/h9-11,13-14,20-21H,2-8,12,15-17H2,1H3. The zero-order chi connectivity index (χ0) is 15.4. The Morgan fingerprint density at radius 2 is 1.29 bits per heavy atom. The van der Waals surface area contributed by atoms with Gasteiger partial charge in [-0.05, 0) is 12.0 Å². The second-order valence-corrected chi connectivity index (χ2v) is 6.19. The van der Waals surface area contributed by atoms with Crippen molar-refractivity contribution < 1.29 is 10.2 Å². The maximum Gasteiger partial charge on any atom is 0.0550 e. The molecule has 120 valence electrons. The molecule has 0 aliphatic heterocycles. The van der Waals surface area contributed by atoms with Gasteiger partial charge in [0, 0.05) is 5.41 Å². The molecule has 0 atom stereocenters. The summed E-state index contributed by atoms with van der Waals surface area (Å²) >= 11 is 0. The van der Waals surface area contributed by atoms with Crippen LogP contribution in [0.25, 0.3) is 0 Å². The fraction of sp³-hybridized carbons (Fsp3) is 0.684. The molecule has 0 bridgehead atoms. The van der Waals surface area contributed by atoms with Crippen LogP contribution in [-0.4, -0.2) is 23.4 Å². The summed E-state index contributed by atoms with van der Waals surface area (Å²) in [4.78, 5) is 0. The van der Waals surface area contributed by atoms with E-state index in [1.807, 2.05) is 30.3 Å². The molecule has 1 aromatic rings. The van der Waals surface area contributed by atoms with Crippen LogP contribution < -0.4 is 0 Å². The van der Waals surface area contributed by atoms with E-state index >= 15 is 0 Å². The van der Waals surface area contributed by atoms with Crippen LogP contribution in [0.1, 0.15) is 70.3 Å². The van der Waals surface area contributed by atoms with Crippen LogP contribution in [0, 0.1) is 0 Å². The van der Waals surface area contributed by atoms with Gasteiger partial charge in [0.25, 0.3) is 0 Å². The van der Waals surface area contributed by atoms with Gasteiger partial charge in [0.15, 0.2) is 0 Å². The SMILES string of the molecule is CCCCCCCCCCC(CO)(CO)c1ccccc1. The van der Waals surface area contributed by atoms with Crippen molar-refractivity contribution in [2.24, 2.45) is 0 Å². The average molecular weight is 292 g/mol. The number of rotatable bonds is 12. The summed E-state index contributed by atoms with van der Waals surface area (Å²) < 4.78 is 0.